The first kappa shape index (κ1) is 12.1. The lowest BCUT2D eigenvalue weighted by Crippen LogP contribution is -2.35. The van der Waals surface area contributed by atoms with Crippen molar-refractivity contribution in [2.45, 2.75) is 20.4 Å². The number of nitrogens with zero attached hydrogens (tertiary/aromatic N) is 2. The van der Waals surface area contributed by atoms with Gasteiger partial charge in [0.15, 0.2) is 0 Å². The summed E-state index contributed by atoms with van der Waals surface area (Å²) in [4.78, 5) is 18.1. The van der Waals surface area contributed by atoms with Gasteiger partial charge in [0.25, 0.3) is 0 Å². The van der Waals surface area contributed by atoms with Crippen LogP contribution < -0.4 is 5.73 Å². The zero-order chi connectivity index (χ0) is 11.3. The third-order valence-electron chi connectivity index (χ3n) is 1.87. The highest BCUT2D eigenvalue weighted by Crippen LogP contribution is 2.10. The Kier molecular flexibility index (Phi) is 4.71. The molecule has 1 rings (SSSR count). The first-order valence-corrected chi connectivity index (χ1v) is 5.84. The number of carbonyl (C=O) groups excluding carboxylic acids is 1. The van der Waals surface area contributed by atoms with E-state index in [0.29, 0.717) is 12.5 Å². The van der Waals surface area contributed by atoms with Gasteiger partial charge in [0.1, 0.15) is 0 Å². The molecule has 15 heavy (non-hydrogen) atoms. The van der Waals surface area contributed by atoms with Crippen LogP contribution in [0.25, 0.3) is 0 Å². The van der Waals surface area contributed by atoms with Gasteiger partial charge >= 0.3 is 0 Å². The van der Waals surface area contributed by atoms with Crippen molar-refractivity contribution in [1.29, 1.82) is 0 Å². The topological polar surface area (TPSA) is 59.2 Å². The summed E-state index contributed by atoms with van der Waals surface area (Å²) in [5.74, 6) is 0.248. The summed E-state index contributed by atoms with van der Waals surface area (Å²) in [5.41, 5.74) is 7.00. The van der Waals surface area contributed by atoms with E-state index in [1.165, 1.54) is 0 Å². The predicted octanol–water partition coefficient (Wildman–Crippen LogP) is 1.09. The number of primary amides is 1. The van der Waals surface area contributed by atoms with E-state index < -0.39 is 0 Å². The molecule has 0 aliphatic rings. The van der Waals surface area contributed by atoms with Crippen LogP contribution in [0.2, 0.25) is 0 Å². The molecule has 1 aromatic heterocycles. The minimum absolute atomic E-state index is 0.278. The number of amides is 1. The molecule has 84 valence electrons. The molecule has 0 unspecified atom stereocenters. The maximum Gasteiger partial charge on any atom is 0.231 e. The van der Waals surface area contributed by atoms with Crippen molar-refractivity contribution in [3.05, 3.63) is 16.6 Å². The van der Waals surface area contributed by atoms with E-state index in [2.05, 4.69) is 23.7 Å². The highest BCUT2D eigenvalue weighted by Gasteiger charge is 2.11. The van der Waals surface area contributed by atoms with Gasteiger partial charge in [-0.1, -0.05) is 13.8 Å². The molecule has 0 spiro atoms. The molecule has 0 fully saturated rings. The summed E-state index contributed by atoms with van der Waals surface area (Å²) in [6.45, 7) is 6.20. The summed E-state index contributed by atoms with van der Waals surface area (Å²) in [6, 6.07) is 0. The maximum absolute atomic E-state index is 10.9. The Morgan fingerprint density at radius 3 is 2.87 bits per heavy atom. The highest BCUT2D eigenvalue weighted by atomic mass is 32.1. The minimum atomic E-state index is -0.278. The molecule has 0 aliphatic heterocycles. The molecule has 0 radical (unpaired) electrons. The normalized spacial score (nSPS) is 11.2. The number of rotatable bonds is 6. The van der Waals surface area contributed by atoms with Crippen molar-refractivity contribution in [3.8, 4) is 0 Å². The lowest BCUT2D eigenvalue weighted by Gasteiger charge is -2.21. The molecule has 4 nitrogen and oxygen atoms in total. The van der Waals surface area contributed by atoms with Gasteiger partial charge in [-0.2, -0.15) is 0 Å². The van der Waals surface area contributed by atoms with Crippen molar-refractivity contribution in [3.63, 3.8) is 0 Å². The molecule has 1 heterocycles. The van der Waals surface area contributed by atoms with Gasteiger partial charge < -0.3 is 5.73 Å². The quantitative estimate of drug-likeness (QED) is 0.791. The first-order chi connectivity index (χ1) is 7.08. The molecule has 1 amide bonds. The molecule has 0 aromatic carbocycles. The van der Waals surface area contributed by atoms with Gasteiger partial charge in [0.05, 0.1) is 12.1 Å². The van der Waals surface area contributed by atoms with E-state index >= 15 is 0 Å². The van der Waals surface area contributed by atoms with Crippen LogP contribution in [0.3, 0.4) is 0 Å². The third-order valence-corrected chi connectivity index (χ3v) is 2.63. The molecular formula is C10H17N3OS. The van der Waals surface area contributed by atoms with E-state index in [9.17, 15) is 4.79 Å². The Morgan fingerprint density at radius 1 is 1.67 bits per heavy atom. The SMILES string of the molecule is CC(C)CN(CC(N)=O)Cc1cncs1. The second kappa shape index (κ2) is 5.82. The van der Waals surface area contributed by atoms with Crippen molar-refractivity contribution >= 4 is 17.2 Å². The van der Waals surface area contributed by atoms with E-state index in [4.69, 9.17) is 5.73 Å². The van der Waals surface area contributed by atoms with Gasteiger partial charge in [-0.3, -0.25) is 14.7 Å². The molecule has 1 aromatic rings. The Labute approximate surface area is 94.1 Å². The van der Waals surface area contributed by atoms with Crippen LogP contribution in [0.5, 0.6) is 0 Å². The average Bonchev–Trinajstić information content (AvgIpc) is 2.53. The Morgan fingerprint density at radius 2 is 2.40 bits per heavy atom. The molecule has 0 saturated heterocycles. The van der Waals surface area contributed by atoms with Gasteiger partial charge in [-0.15, -0.1) is 11.3 Å². The zero-order valence-electron chi connectivity index (χ0n) is 9.14. The van der Waals surface area contributed by atoms with E-state index in [1.807, 2.05) is 6.20 Å². The second-order valence-corrected chi connectivity index (χ2v) is 4.97. The number of nitrogens with two attached hydrogens (primary N) is 1. The Hall–Kier alpha value is -0.940. The molecular weight excluding hydrogens is 210 g/mol. The number of hydrogen-bond donors (Lipinski definition) is 1. The summed E-state index contributed by atoms with van der Waals surface area (Å²) in [5, 5.41) is 0. The molecule has 2 N–H and O–H groups in total. The average molecular weight is 227 g/mol. The predicted molar refractivity (Wildman–Crippen MR) is 61.4 cm³/mol. The maximum atomic E-state index is 10.9. The van der Waals surface area contributed by atoms with Crippen LogP contribution >= 0.6 is 11.3 Å². The fraction of sp³-hybridized carbons (Fsp3) is 0.600. The van der Waals surface area contributed by atoms with Crippen LogP contribution in [0.1, 0.15) is 18.7 Å². The lowest BCUT2D eigenvalue weighted by molar-refractivity contribution is -0.119. The van der Waals surface area contributed by atoms with Crippen LogP contribution in [-0.4, -0.2) is 28.9 Å². The van der Waals surface area contributed by atoms with Crippen LogP contribution in [-0.2, 0) is 11.3 Å². The fourth-order valence-electron chi connectivity index (χ4n) is 1.46. The van der Waals surface area contributed by atoms with Gasteiger partial charge in [0, 0.05) is 24.2 Å². The molecule has 0 bridgehead atoms. The number of aromatic nitrogens is 1. The van der Waals surface area contributed by atoms with Crippen molar-refractivity contribution in [2.24, 2.45) is 11.7 Å². The number of thiazole rings is 1. The monoisotopic (exact) mass is 227 g/mol. The first-order valence-electron chi connectivity index (χ1n) is 4.96. The van der Waals surface area contributed by atoms with E-state index in [0.717, 1.165) is 18.0 Å². The van der Waals surface area contributed by atoms with Gasteiger partial charge in [-0.05, 0) is 5.92 Å². The molecule has 5 heteroatoms. The van der Waals surface area contributed by atoms with E-state index in [1.54, 1.807) is 16.8 Å². The summed E-state index contributed by atoms with van der Waals surface area (Å²) in [7, 11) is 0. The fourth-order valence-corrected chi connectivity index (χ4v) is 2.10. The van der Waals surface area contributed by atoms with Crippen LogP contribution in [0, 0.1) is 5.92 Å². The van der Waals surface area contributed by atoms with Gasteiger partial charge in [-0.25, -0.2) is 0 Å². The summed E-state index contributed by atoms with van der Waals surface area (Å²) >= 11 is 1.60. The Balaban J connectivity index is 2.52. The number of hydrogen-bond acceptors (Lipinski definition) is 4. The van der Waals surface area contributed by atoms with Crippen molar-refractivity contribution in [1.82, 2.24) is 9.88 Å². The van der Waals surface area contributed by atoms with Gasteiger partial charge in [0.2, 0.25) is 5.91 Å². The zero-order valence-corrected chi connectivity index (χ0v) is 9.96. The number of carbonyl (C=O) groups is 1. The second-order valence-electron chi connectivity index (χ2n) is 4.00. The lowest BCUT2D eigenvalue weighted by atomic mass is 10.2. The highest BCUT2D eigenvalue weighted by molar-refractivity contribution is 7.09. The standard InChI is InChI=1S/C10H17N3OS/c1-8(2)4-13(6-10(11)14)5-9-3-12-7-15-9/h3,7-8H,4-6H2,1-2H3,(H2,11,14). The smallest absolute Gasteiger partial charge is 0.231 e. The molecule has 0 aliphatic carbocycles. The van der Waals surface area contributed by atoms with Crippen LogP contribution in [0.4, 0.5) is 0 Å². The van der Waals surface area contributed by atoms with Crippen molar-refractivity contribution < 1.29 is 4.79 Å². The molecule has 0 atom stereocenters. The Bertz CT molecular complexity index is 298. The largest absolute Gasteiger partial charge is 0.369 e. The molecule has 0 saturated carbocycles. The van der Waals surface area contributed by atoms with Crippen molar-refractivity contribution in [2.75, 3.05) is 13.1 Å². The van der Waals surface area contributed by atoms with E-state index in [-0.39, 0.29) is 5.91 Å². The summed E-state index contributed by atoms with van der Waals surface area (Å²) < 4.78 is 0. The van der Waals surface area contributed by atoms with Crippen LogP contribution in [0.15, 0.2) is 11.7 Å². The third kappa shape index (κ3) is 4.90. The minimum Gasteiger partial charge on any atom is -0.369 e. The summed E-state index contributed by atoms with van der Waals surface area (Å²) in [6.07, 6.45) is 1.83.